The first-order chi connectivity index (χ1) is 10.6. The maximum Gasteiger partial charge on any atom is 0.276 e. The van der Waals surface area contributed by atoms with Crippen LogP contribution in [0.15, 0.2) is 24.5 Å². The molecule has 0 unspecified atom stereocenters. The Bertz CT molecular complexity index is 647. The fourth-order valence-corrected chi connectivity index (χ4v) is 2.46. The van der Waals surface area contributed by atoms with Gasteiger partial charge in [-0.05, 0) is 31.9 Å². The van der Waals surface area contributed by atoms with E-state index in [0.717, 1.165) is 18.5 Å². The molecule has 1 amide bonds. The van der Waals surface area contributed by atoms with Crippen molar-refractivity contribution in [3.05, 3.63) is 41.5 Å². The Morgan fingerprint density at radius 1 is 1.41 bits per heavy atom. The number of carbonyl (C=O) groups excluding carboxylic acids is 1. The van der Waals surface area contributed by atoms with Crippen LogP contribution < -0.4 is 5.32 Å². The van der Waals surface area contributed by atoms with Gasteiger partial charge in [-0.2, -0.15) is 5.10 Å². The minimum absolute atomic E-state index is 0.153. The monoisotopic (exact) mass is 302 g/mol. The van der Waals surface area contributed by atoms with E-state index >= 15 is 0 Å². The van der Waals surface area contributed by atoms with Crippen molar-refractivity contribution in [1.82, 2.24) is 14.8 Å². The summed E-state index contributed by atoms with van der Waals surface area (Å²) in [5.41, 5.74) is 2.47. The summed E-state index contributed by atoms with van der Waals surface area (Å²) in [6, 6.07) is 3.75. The average Bonchev–Trinajstić information content (AvgIpc) is 2.91. The maximum absolute atomic E-state index is 12.4. The summed E-state index contributed by atoms with van der Waals surface area (Å²) in [5, 5.41) is 16.5. The summed E-state index contributed by atoms with van der Waals surface area (Å²) in [6.45, 7) is 6.01. The number of pyridine rings is 1. The molecule has 0 aliphatic heterocycles. The zero-order valence-electron chi connectivity index (χ0n) is 13.2. The van der Waals surface area contributed by atoms with E-state index in [1.165, 1.54) is 6.20 Å². The number of rotatable bonds is 6. The summed E-state index contributed by atoms with van der Waals surface area (Å²) < 4.78 is 1.91. The van der Waals surface area contributed by atoms with Gasteiger partial charge in [0.2, 0.25) is 0 Å². The number of hydrogen-bond acceptors (Lipinski definition) is 4. The van der Waals surface area contributed by atoms with Crippen molar-refractivity contribution < 1.29 is 9.90 Å². The molecule has 0 aliphatic carbocycles. The van der Waals surface area contributed by atoms with Crippen LogP contribution in [0, 0.1) is 6.92 Å². The molecule has 0 saturated carbocycles. The highest BCUT2D eigenvalue weighted by Crippen LogP contribution is 2.19. The van der Waals surface area contributed by atoms with Gasteiger partial charge in [0.15, 0.2) is 5.69 Å². The smallest absolute Gasteiger partial charge is 0.276 e. The van der Waals surface area contributed by atoms with E-state index in [0.29, 0.717) is 23.0 Å². The van der Waals surface area contributed by atoms with E-state index in [4.69, 9.17) is 0 Å². The van der Waals surface area contributed by atoms with Crippen molar-refractivity contribution in [2.45, 2.75) is 46.3 Å². The molecule has 2 N–H and O–H groups in total. The SMILES string of the molecule is CCC(CC)n1nc(C(=O)Nc2cnccc2CO)cc1C. The molecule has 2 heterocycles. The molecule has 0 saturated heterocycles. The van der Waals surface area contributed by atoms with Crippen molar-refractivity contribution in [1.29, 1.82) is 0 Å². The Hall–Kier alpha value is -2.21. The predicted octanol–water partition coefficient (Wildman–Crippen LogP) is 2.69. The summed E-state index contributed by atoms with van der Waals surface area (Å²) in [6.07, 6.45) is 5.04. The number of amides is 1. The van der Waals surface area contributed by atoms with E-state index in [2.05, 4.69) is 29.2 Å². The van der Waals surface area contributed by atoms with Gasteiger partial charge in [0.1, 0.15) is 0 Å². The van der Waals surface area contributed by atoms with Crippen molar-refractivity contribution in [3.8, 4) is 0 Å². The normalized spacial score (nSPS) is 11.0. The second-order valence-corrected chi connectivity index (χ2v) is 5.23. The molecular weight excluding hydrogens is 280 g/mol. The molecule has 0 radical (unpaired) electrons. The lowest BCUT2D eigenvalue weighted by molar-refractivity contribution is 0.102. The fraction of sp³-hybridized carbons (Fsp3) is 0.438. The molecule has 6 heteroatoms. The van der Waals surface area contributed by atoms with Crippen LogP contribution in [0.3, 0.4) is 0 Å². The first-order valence-corrected chi connectivity index (χ1v) is 7.51. The summed E-state index contributed by atoms with van der Waals surface area (Å²) >= 11 is 0. The van der Waals surface area contributed by atoms with E-state index in [1.54, 1.807) is 18.3 Å². The zero-order chi connectivity index (χ0) is 16.1. The van der Waals surface area contributed by atoms with Crippen LogP contribution in [0.1, 0.15) is 54.5 Å². The van der Waals surface area contributed by atoms with Gasteiger partial charge in [-0.15, -0.1) is 0 Å². The Labute approximate surface area is 130 Å². The van der Waals surface area contributed by atoms with Crippen molar-refractivity contribution >= 4 is 11.6 Å². The Morgan fingerprint density at radius 3 is 2.77 bits per heavy atom. The zero-order valence-corrected chi connectivity index (χ0v) is 13.2. The average molecular weight is 302 g/mol. The van der Waals surface area contributed by atoms with Crippen molar-refractivity contribution in [2.24, 2.45) is 0 Å². The molecule has 6 nitrogen and oxygen atoms in total. The minimum atomic E-state index is -0.296. The number of aromatic nitrogens is 3. The molecule has 2 rings (SSSR count). The van der Waals surface area contributed by atoms with E-state index < -0.39 is 0 Å². The Morgan fingerprint density at radius 2 is 2.14 bits per heavy atom. The minimum Gasteiger partial charge on any atom is -0.392 e. The Balaban J connectivity index is 2.22. The maximum atomic E-state index is 12.4. The highest BCUT2D eigenvalue weighted by molar-refractivity contribution is 6.03. The molecule has 0 aliphatic rings. The first-order valence-electron chi connectivity index (χ1n) is 7.51. The summed E-state index contributed by atoms with van der Waals surface area (Å²) in [7, 11) is 0. The quantitative estimate of drug-likeness (QED) is 0.859. The molecule has 0 atom stereocenters. The van der Waals surface area contributed by atoms with Gasteiger partial charge in [-0.3, -0.25) is 14.5 Å². The number of aryl methyl sites for hydroxylation is 1. The number of carbonyl (C=O) groups is 1. The van der Waals surface area contributed by atoms with Gasteiger partial charge in [0.05, 0.1) is 24.5 Å². The van der Waals surface area contributed by atoms with Crippen LogP contribution in [0.4, 0.5) is 5.69 Å². The van der Waals surface area contributed by atoms with Crippen molar-refractivity contribution in [3.63, 3.8) is 0 Å². The van der Waals surface area contributed by atoms with Crippen LogP contribution >= 0.6 is 0 Å². The topological polar surface area (TPSA) is 80.0 Å². The van der Waals surface area contributed by atoms with Gasteiger partial charge >= 0.3 is 0 Å². The first kappa shape index (κ1) is 16.2. The lowest BCUT2D eigenvalue weighted by atomic mass is 10.2. The number of aliphatic hydroxyl groups is 1. The van der Waals surface area contributed by atoms with Gasteiger partial charge in [-0.25, -0.2) is 0 Å². The van der Waals surface area contributed by atoms with Gasteiger partial charge in [0, 0.05) is 17.5 Å². The summed E-state index contributed by atoms with van der Waals surface area (Å²) in [5.74, 6) is -0.296. The molecule has 22 heavy (non-hydrogen) atoms. The van der Waals surface area contributed by atoms with Gasteiger partial charge < -0.3 is 10.4 Å². The number of anilines is 1. The number of nitrogens with zero attached hydrogens (tertiary/aromatic N) is 3. The second-order valence-electron chi connectivity index (χ2n) is 5.23. The molecule has 0 bridgehead atoms. The van der Waals surface area contributed by atoms with Crippen LogP contribution in [-0.2, 0) is 6.61 Å². The molecule has 2 aromatic rings. The molecule has 118 valence electrons. The third-order valence-electron chi connectivity index (χ3n) is 3.77. The molecule has 0 spiro atoms. The van der Waals surface area contributed by atoms with E-state index in [9.17, 15) is 9.90 Å². The lowest BCUT2D eigenvalue weighted by Gasteiger charge is -2.14. The van der Waals surface area contributed by atoms with Crippen LogP contribution in [0.5, 0.6) is 0 Å². The van der Waals surface area contributed by atoms with Crippen LogP contribution in [-0.4, -0.2) is 25.8 Å². The standard InChI is InChI=1S/C16H22N4O2/c1-4-13(5-2)20-11(3)8-14(19-20)16(22)18-15-9-17-7-6-12(15)10-21/h6-9,13,21H,4-5,10H2,1-3H3,(H,18,22). The van der Waals surface area contributed by atoms with Gasteiger partial charge in [-0.1, -0.05) is 13.8 Å². The number of aliphatic hydroxyl groups excluding tert-OH is 1. The molecule has 2 aromatic heterocycles. The highest BCUT2D eigenvalue weighted by atomic mass is 16.3. The lowest BCUT2D eigenvalue weighted by Crippen LogP contribution is -2.16. The third kappa shape index (κ3) is 3.33. The molecule has 0 aromatic carbocycles. The van der Waals surface area contributed by atoms with Gasteiger partial charge in [0.25, 0.3) is 5.91 Å². The summed E-state index contributed by atoms with van der Waals surface area (Å²) in [4.78, 5) is 16.3. The van der Waals surface area contributed by atoms with E-state index in [1.807, 2.05) is 11.6 Å². The predicted molar refractivity (Wildman–Crippen MR) is 84.7 cm³/mol. The third-order valence-corrected chi connectivity index (χ3v) is 3.77. The van der Waals surface area contributed by atoms with Crippen LogP contribution in [0.2, 0.25) is 0 Å². The largest absolute Gasteiger partial charge is 0.392 e. The number of hydrogen-bond donors (Lipinski definition) is 2. The van der Waals surface area contributed by atoms with E-state index in [-0.39, 0.29) is 12.5 Å². The fourth-order valence-electron chi connectivity index (χ4n) is 2.46. The second kappa shape index (κ2) is 7.17. The Kier molecular flexibility index (Phi) is 5.27. The molecule has 0 fully saturated rings. The van der Waals surface area contributed by atoms with Crippen molar-refractivity contribution in [2.75, 3.05) is 5.32 Å². The highest BCUT2D eigenvalue weighted by Gasteiger charge is 2.17. The van der Waals surface area contributed by atoms with Crippen LogP contribution in [0.25, 0.3) is 0 Å². The molecular formula is C16H22N4O2. The number of nitrogens with one attached hydrogen (secondary N) is 1.